The van der Waals surface area contributed by atoms with Crippen molar-refractivity contribution in [1.82, 2.24) is 0 Å². The van der Waals surface area contributed by atoms with Crippen LogP contribution in [0.1, 0.15) is 51.5 Å². The number of rotatable bonds is 5. The van der Waals surface area contributed by atoms with Gasteiger partial charge in [0.15, 0.2) is 17.4 Å². The zero-order valence-corrected chi connectivity index (χ0v) is 16.7. The van der Waals surface area contributed by atoms with Crippen LogP contribution >= 0.6 is 0 Å². The Kier molecular flexibility index (Phi) is 4.75. The van der Waals surface area contributed by atoms with Gasteiger partial charge < -0.3 is 14.6 Å². The second-order valence-electron chi connectivity index (χ2n) is 8.65. The first-order valence-electron chi connectivity index (χ1n) is 9.78. The van der Waals surface area contributed by atoms with Crippen LogP contribution in [0.3, 0.4) is 0 Å². The van der Waals surface area contributed by atoms with Gasteiger partial charge in [-0.3, -0.25) is 4.79 Å². The summed E-state index contributed by atoms with van der Waals surface area (Å²) in [5.41, 5.74) is 3.13. The van der Waals surface area contributed by atoms with E-state index in [1.54, 1.807) is 0 Å². The van der Waals surface area contributed by atoms with Crippen molar-refractivity contribution in [3.63, 3.8) is 0 Å². The van der Waals surface area contributed by atoms with E-state index in [4.69, 9.17) is 14.6 Å². The molecule has 0 radical (unpaired) electrons. The molecule has 29 heavy (non-hydrogen) atoms. The van der Waals surface area contributed by atoms with E-state index >= 15 is 0 Å². The first-order chi connectivity index (χ1) is 13.7. The molecule has 1 aromatic carbocycles. The van der Waals surface area contributed by atoms with Crippen LogP contribution in [-0.2, 0) is 9.53 Å². The van der Waals surface area contributed by atoms with Crippen molar-refractivity contribution in [2.45, 2.75) is 51.6 Å². The number of fused-ring (bicyclic) bond motifs is 1. The third-order valence-corrected chi connectivity index (χ3v) is 5.73. The molecular formula is C23H24F2O4. The number of aliphatic carboxylic acids is 1. The Labute approximate surface area is 168 Å². The molecule has 3 aliphatic rings. The molecule has 2 aliphatic carbocycles. The molecule has 1 heterocycles. The van der Waals surface area contributed by atoms with E-state index in [1.165, 1.54) is 17.7 Å². The fourth-order valence-corrected chi connectivity index (χ4v) is 4.09. The van der Waals surface area contributed by atoms with Crippen LogP contribution in [0.4, 0.5) is 8.78 Å². The number of hydrogen-bond donors (Lipinski definition) is 1. The van der Waals surface area contributed by atoms with Gasteiger partial charge in [-0.1, -0.05) is 17.7 Å². The molecule has 1 N–H and O–H groups in total. The van der Waals surface area contributed by atoms with Crippen molar-refractivity contribution in [3.05, 3.63) is 64.0 Å². The van der Waals surface area contributed by atoms with Gasteiger partial charge in [-0.05, 0) is 62.8 Å². The summed E-state index contributed by atoms with van der Waals surface area (Å²) < 4.78 is 40.7. The SMILES string of the molecule is CC1=C2CC(C)(C)OC2=C(COc2c(F)cc(C3CC3C(=O)O)cc2F)C=CC1. The third-order valence-electron chi connectivity index (χ3n) is 5.73. The van der Waals surface area contributed by atoms with Gasteiger partial charge in [0.1, 0.15) is 18.0 Å². The van der Waals surface area contributed by atoms with E-state index in [-0.39, 0.29) is 18.1 Å². The summed E-state index contributed by atoms with van der Waals surface area (Å²) in [6.45, 7) is 6.07. The number of halogens is 2. The topological polar surface area (TPSA) is 55.8 Å². The van der Waals surface area contributed by atoms with Crippen LogP contribution in [0.5, 0.6) is 5.75 Å². The second kappa shape index (κ2) is 7.01. The lowest BCUT2D eigenvalue weighted by Crippen LogP contribution is -2.16. The maximum atomic E-state index is 14.5. The highest BCUT2D eigenvalue weighted by Gasteiger charge is 2.44. The highest BCUT2D eigenvalue weighted by atomic mass is 19.1. The molecule has 6 heteroatoms. The normalized spacial score (nSPS) is 24.9. The number of carbonyl (C=O) groups is 1. The lowest BCUT2D eigenvalue weighted by atomic mass is 9.96. The van der Waals surface area contributed by atoms with E-state index in [0.717, 1.165) is 29.7 Å². The molecule has 1 saturated heterocycles. The van der Waals surface area contributed by atoms with E-state index in [9.17, 15) is 13.6 Å². The minimum absolute atomic E-state index is 0.0208. The average Bonchev–Trinajstić information content (AvgIpc) is 3.38. The van der Waals surface area contributed by atoms with Gasteiger partial charge in [0.05, 0.1) is 5.92 Å². The second-order valence-corrected chi connectivity index (χ2v) is 8.65. The Hall–Kier alpha value is -2.63. The zero-order valence-electron chi connectivity index (χ0n) is 16.7. The van der Waals surface area contributed by atoms with E-state index < -0.39 is 29.3 Å². The number of ether oxygens (including phenoxy) is 2. The van der Waals surface area contributed by atoms with Gasteiger partial charge in [0.25, 0.3) is 0 Å². The predicted molar refractivity (Wildman–Crippen MR) is 104 cm³/mol. The van der Waals surface area contributed by atoms with Crippen LogP contribution in [-0.4, -0.2) is 23.3 Å². The molecule has 2 fully saturated rings. The Morgan fingerprint density at radius 1 is 1.31 bits per heavy atom. The third kappa shape index (κ3) is 3.80. The summed E-state index contributed by atoms with van der Waals surface area (Å²) in [6, 6.07) is 2.36. The summed E-state index contributed by atoms with van der Waals surface area (Å²) in [7, 11) is 0. The number of carboxylic acids is 1. The van der Waals surface area contributed by atoms with Crippen LogP contribution < -0.4 is 4.74 Å². The smallest absolute Gasteiger partial charge is 0.307 e. The van der Waals surface area contributed by atoms with Crippen LogP contribution in [0.2, 0.25) is 0 Å². The molecule has 4 nitrogen and oxygen atoms in total. The van der Waals surface area contributed by atoms with Crippen molar-refractivity contribution in [2.24, 2.45) is 5.92 Å². The lowest BCUT2D eigenvalue weighted by Gasteiger charge is -2.18. The maximum absolute atomic E-state index is 14.5. The lowest BCUT2D eigenvalue weighted by molar-refractivity contribution is -0.138. The highest BCUT2D eigenvalue weighted by molar-refractivity contribution is 5.75. The Morgan fingerprint density at radius 3 is 2.62 bits per heavy atom. The molecule has 0 amide bonds. The monoisotopic (exact) mass is 402 g/mol. The van der Waals surface area contributed by atoms with Gasteiger partial charge in [0.2, 0.25) is 0 Å². The van der Waals surface area contributed by atoms with Crippen LogP contribution in [0.25, 0.3) is 0 Å². The fraction of sp³-hybridized carbons (Fsp3) is 0.435. The molecule has 154 valence electrons. The first-order valence-corrected chi connectivity index (χ1v) is 9.78. The van der Waals surface area contributed by atoms with Crippen LogP contribution in [0.15, 0.2) is 46.8 Å². The van der Waals surface area contributed by atoms with E-state index in [1.807, 2.05) is 26.0 Å². The molecule has 0 aromatic heterocycles. The largest absolute Gasteiger partial charge is 0.487 e. The Morgan fingerprint density at radius 2 is 2.00 bits per heavy atom. The van der Waals surface area contributed by atoms with Crippen molar-refractivity contribution in [3.8, 4) is 5.75 Å². The summed E-state index contributed by atoms with van der Waals surface area (Å²) in [5.74, 6) is -3.21. The molecular weight excluding hydrogens is 378 g/mol. The quantitative estimate of drug-likeness (QED) is 0.730. The van der Waals surface area contributed by atoms with Gasteiger partial charge in [0, 0.05) is 12.0 Å². The zero-order chi connectivity index (χ0) is 20.9. The molecule has 0 bridgehead atoms. The molecule has 4 rings (SSSR count). The fourth-order valence-electron chi connectivity index (χ4n) is 4.09. The average molecular weight is 402 g/mol. The van der Waals surface area contributed by atoms with Gasteiger partial charge in [-0.2, -0.15) is 0 Å². The maximum Gasteiger partial charge on any atom is 0.307 e. The standard InChI is InChI=1S/C23H24F2O4/c1-12-5-4-6-13(20-17(12)10-23(2,3)29-20)11-28-21-18(24)7-14(8-19(21)25)15-9-16(15)22(26)27/h4,6-8,15-16H,5,9-11H2,1-3H3,(H,26,27). The molecule has 1 saturated carbocycles. The molecule has 2 atom stereocenters. The molecule has 1 aliphatic heterocycles. The minimum Gasteiger partial charge on any atom is -0.487 e. The van der Waals surface area contributed by atoms with Crippen molar-refractivity contribution < 1.29 is 28.2 Å². The van der Waals surface area contributed by atoms with Gasteiger partial charge in [-0.15, -0.1) is 0 Å². The summed E-state index contributed by atoms with van der Waals surface area (Å²) in [4.78, 5) is 11.0. The molecule has 0 spiro atoms. The Balaban J connectivity index is 1.56. The van der Waals surface area contributed by atoms with Crippen molar-refractivity contribution in [1.29, 1.82) is 0 Å². The number of carboxylic acid groups (broad SMARTS) is 1. The Bertz CT molecular complexity index is 948. The molecule has 2 unspecified atom stereocenters. The van der Waals surface area contributed by atoms with Crippen molar-refractivity contribution in [2.75, 3.05) is 6.61 Å². The summed E-state index contributed by atoms with van der Waals surface area (Å²) in [6.07, 6.45) is 5.86. The van der Waals surface area contributed by atoms with E-state index in [0.29, 0.717) is 12.0 Å². The minimum atomic E-state index is -0.941. The van der Waals surface area contributed by atoms with Gasteiger partial charge in [-0.25, -0.2) is 8.78 Å². The van der Waals surface area contributed by atoms with E-state index in [2.05, 4.69) is 6.92 Å². The van der Waals surface area contributed by atoms with Crippen LogP contribution in [0, 0.1) is 17.6 Å². The molecule has 1 aromatic rings. The van der Waals surface area contributed by atoms with Crippen molar-refractivity contribution >= 4 is 5.97 Å². The number of allylic oxidation sites excluding steroid dienone is 3. The van der Waals surface area contributed by atoms with Gasteiger partial charge >= 0.3 is 5.97 Å². The summed E-state index contributed by atoms with van der Waals surface area (Å²) >= 11 is 0. The number of benzene rings is 1. The highest BCUT2D eigenvalue weighted by Crippen LogP contribution is 2.48. The first kappa shape index (κ1) is 19.7. The predicted octanol–water partition coefficient (Wildman–Crippen LogP) is 5.26. The summed E-state index contributed by atoms with van der Waals surface area (Å²) in [5, 5.41) is 9.02. The number of hydrogen-bond acceptors (Lipinski definition) is 3.